The van der Waals surface area contributed by atoms with Crippen molar-refractivity contribution in [1.29, 1.82) is 0 Å². The molecule has 1 fully saturated rings. The Morgan fingerprint density at radius 3 is 2.89 bits per heavy atom. The summed E-state index contributed by atoms with van der Waals surface area (Å²) in [6.07, 6.45) is 7.77. The summed E-state index contributed by atoms with van der Waals surface area (Å²) in [4.78, 5) is 11.9. The Morgan fingerprint density at radius 1 is 1.37 bits per heavy atom. The molecule has 1 amide bonds. The first-order chi connectivity index (χ1) is 9.29. The molecule has 4 nitrogen and oxygen atoms in total. The second kappa shape index (κ2) is 7.34. The first-order valence-electron chi connectivity index (χ1n) is 7.15. The average molecular weight is 265 g/mol. The van der Waals surface area contributed by atoms with Crippen molar-refractivity contribution in [3.8, 4) is 0 Å². The van der Waals surface area contributed by atoms with Crippen LogP contribution in [0.1, 0.15) is 54.8 Å². The molecule has 0 radical (unpaired) electrons. The molecule has 0 unspecified atom stereocenters. The van der Waals surface area contributed by atoms with Gasteiger partial charge in [-0.05, 0) is 24.5 Å². The Bertz CT molecular complexity index is 394. The molecule has 1 N–H and O–H groups in total. The maximum atomic E-state index is 11.9. The van der Waals surface area contributed by atoms with Crippen molar-refractivity contribution in [2.45, 2.75) is 45.1 Å². The molecule has 0 aliphatic heterocycles. The van der Waals surface area contributed by atoms with Gasteiger partial charge in [0.15, 0.2) is 5.76 Å². The van der Waals surface area contributed by atoms with Gasteiger partial charge in [-0.1, -0.05) is 32.1 Å². The summed E-state index contributed by atoms with van der Waals surface area (Å²) in [6, 6.07) is 3.48. The van der Waals surface area contributed by atoms with Crippen LogP contribution in [0.2, 0.25) is 0 Å². The first kappa shape index (κ1) is 14.1. The second-order valence-electron chi connectivity index (χ2n) is 5.25. The highest BCUT2D eigenvalue weighted by Gasteiger charge is 2.15. The van der Waals surface area contributed by atoms with Gasteiger partial charge >= 0.3 is 0 Å². The molecule has 1 saturated carbocycles. The molecule has 106 valence electrons. The van der Waals surface area contributed by atoms with Crippen LogP contribution in [-0.2, 0) is 11.3 Å². The molecule has 1 aromatic rings. The smallest absolute Gasteiger partial charge is 0.286 e. The molecule has 0 bridgehead atoms. The topological polar surface area (TPSA) is 51.5 Å². The van der Waals surface area contributed by atoms with Crippen LogP contribution in [-0.4, -0.2) is 19.6 Å². The molecule has 19 heavy (non-hydrogen) atoms. The van der Waals surface area contributed by atoms with Crippen LogP contribution in [0.5, 0.6) is 0 Å². The molecule has 1 aliphatic rings. The van der Waals surface area contributed by atoms with Crippen molar-refractivity contribution in [3.63, 3.8) is 0 Å². The average Bonchev–Trinajstić information content (AvgIpc) is 2.89. The highest BCUT2D eigenvalue weighted by molar-refractivity contribution is 5.91. The lowest BCUT2D eigenvalue weighted by Crippen LogP contribution is -2.26. The van der Waals surface area contributed by atoms with E-state index in [1.807, 2.05) is 0 Å². The number of furan rings is 1. The Morgan fingerprint density at radius 2 is 2.16 bits per heavy atom. The number of carbonyl (C=O) groups is 1. The van der Waals surface area contributed by atoms with E-state index in [9.17, 15) is 4.79 Å². The van der Waals surface area contributed by atoms with E-state index < -0.39 is 0 Å². The Kier molecular flexibility index (Phi) is 5.45. The van der Waals surface area contributed by atoms with Gasteiger partial charge in [-0.3, -0.25) is 4.79 Å². The van der Waals surface area contributed by atoms with E-state index in [0.29, 0.717) is 18.1 Å². The van der Waals surface area contributed by atoms with Crippen LogP contribution >= 0.6 is 0 Å². The Labute approximate surface area is 114 Å². The highest BCUT2D eigenvalue weighted by atomic mass is 16.5. The van der Waals surface area contributed by atoms with E-state index in [-0.39, 0.29) is 5.91 Å². The fourth-order valence-electron chi connectivity index (χ4n) is 2.67. The molecular formula is C15H23NO3. The lowest BCUT2D eigenvalue weighted by molar-refractivity contribution is 0.0914. The Hall–Kier alpha value is -1.29. The third-order valence-corrected chi connectivity index (χ3v) is 3.73. The molecule has 0 saturated heterocycles. The zero-order valence-electron chi connectivity index (χ0n) is 11.6. The number of carbonyl (C=O) groups excluding carboxylic acids is 1. The van der Waals surface area contributed by atoms with Gasteiger partial charge in [-0.2, -0.15) is 0 Å². The molecule has 0 atom stereocenters. The van der Waals surface area contributed by atoms with Gasteiger partial charge in [0.25, 0.3) is 5.91 Å². The van der Waals surface area contributed by atoms with Crippen LogP contribution in [0.4, 0.5) is 0 Å². The van der Waals surface area contributed by atoms with Crippen LogP contribution in [0, 0.1) is 5.92 Å². The number of rotatable bonds is 6. The molecule has 0 spiro atoms. The van der Waals surface area contributed by atoms with Crippen molar-refractivity contribution in [2.24, 2.45) is 5.92 Å². The maximum absolute atomic E-state index is 11.9. The van der Waals surface area contributed by atoms with Crippen molar-refractivity contribution < 1.29 is 13.9 Å². The molecule has 1 aromatic heterocycles. The molecule has 1 aliphatic carbocycles. The summed E-state index contributed by atoms with van der Waals surface area (Å²) in [6.45, 7) is 1.14. The monoisotopic (exact) mass is 265 g/mol. The number of methoxy groups -OCH3 is 1. The minimum Gasteiger partial charge on any atom is -0.453 e. The maximum Gasteiger partial charge on any atom is 0.286 e. The van der Waals surface area contributed by atoms with E-state index in [2.05, 4.69) is 5.32 Å². The summed E-state index contributed by atoms with van der Waals surface area (Å²) < 4.78 is 10.3. The van der Waals surface area contributed by atoms with Crippen LogP contribution in [0.3, 0.4) is 0 Å². The van der Waals surface area contributed by atoms with Gasteiger partial charge in [0.1, 0.15) is 12.4 Å². The molecule has 4 heteroatoms. The summed E-state index contributed by atoms with van der Waals surface area (Å²) in [5.41, 5.74) is 0. The minimum atomic E-state index is -0.127. The molecule has 2 rings (SSSR count). The van der Waals surface area contributed by atoms with E-state index in [4.69, 9.17) is 9.15 Å². The summed E-state index contributed by atoms with van der Waals surface area (Å²) >= 11 is 0. The van der Waals surface area contributed by atoms with Crippen molar-refractivity contribution in [3.05, 3.63) is 23.7 Å². The van der Waals surface area contributed by atoms with Crippen LogP contribution in [0.15, 0.2) is 16.5 Å². The number of amides is 1. The van der Waals surface area contributed by atoms with Crippen molar-refractivity contribution in [1.82, 2.24) is 5.32 Å². The number of hydrogen-bond donors (Lipinski definition) is 1. The van der Waals surface area contributed by atoms with Gasteiger partial charge < -0.3 is 14.5 Å². The van der Waals surface area contributed by atoms with Gasteiger partial charge in [0, 0.05) is 13.7 Å². The summed E-state index contributed by atoms with van der Waals surface area (Å²) in [5, 5.41) is 2.93. The third-order valence-electron chi connectivity index (χ3n) is 3.73. The van der Waals surface area contributed by atoms with Crippen LogP contribution < -0.4 is 5.32 Å². The molecule has 0 aromatic carbocycles. The largest absolute Gasteiger partial charge is 0.453 e. The number of nitrogens with one attached hydrogen (secondary N) is 1. The number of ether oxygens (including phenoxy) is 1. The highest BCUT2D eigenvalue weighted by Crippen LogP contribution is 2.25. The normalized spacial score (nSPS) is 16.5. The Balaban J connectivity index is 1.70. The first-order valence-corrected chi connectivity index (χ1v) is 7.15. The van der Waals surface area contributed by atoms with E-state index in [0.717, 1.165) is 18.9 Å². The van der Waals surface area contributed by atoms with Crippen LogP contribution in [0.25, 0.3) is 0 Å². The predicted octanol–water partition coefficient (Wildman–Crippen LogP) is 3.13. The van der Waals surface area contributed by atoms with Gasteiger partial charge in [0.05, 0.1) is 0 Å². The third kappa shape index (κ3) is 4.39. The second-order valence-corrected chi connectivity index (χ2v) is 5.25. The lowest BCUT2D eigenvalue weighted by atomic mass is 9.87. The summed E-state index contributed by atoms with van der Waals surface area (Å²) in [5.74, 6) is 1.71. The van der Waals surface area contributed by atoms with E-state index >= 15 is 0 Å². The fourth-order valence-corrected chi connectivity index (χ4v) is 2.67. The zero-order chi connectivity index (χ0) is 13.5. The molecular weight excluding hydrogens is 242 g/mol. The SMILES string of the molecule is COCc1ccc(C(=O)NCCC2CCCCC2)o1. The molecule has 1 heterocycles. The standard InChI is InChI=1S/C15H23NO3/c1-18-11-13-7-8-14(19-13)15(17)16-10-9-12-5-3-2-4-6-12/h7-8,12H,2-6,9-11H2,1H3,(H,16,17). The zero-order valence-corrected chi connectivity index (χ0v) is 11.6. The quantitative estimate of drug-likeness (QED) is 0.859. The van der Waals surface area contributed by atoms with E-state index in [1.165, 1.54) is 32.1 Å². The van der Waals surface area contributed by atoms with E-state index in [1.54, 1.807) is 19.2 Å². The van der Waals surface area contributed by atoms with Crippen molar-refractivity contribution >= 4 is 5.91 Å². The predicted molar refractivity (Wildman–Crippen MR) is 72.9 cm³/mol. The summed E-state index contributed by atoms with van der Waals surface area (Å²) in [7, 11) is 1.60. The van der Waals surface area contributed by atoms with Gasteiger partial charge in [-0.25, -0.2) is 0 Å². The van der Waals surface area contributed by atoms with Gasteiger partial charge in [-0.15, -0.1) is 0 Å². The lowest BCUT2D eigenvalue weighted by Gasteiger charge is -2.21. The fraction of sp³-hybridized carbons (Fsp3) is 0.667. The van der Waals surface area contributed by atoms with Crippen molar-refractivity contribution in [2.75, 3.05) is 13.7 Å². The minimum absolute atomic E-state index is 0.127. The van der Waals surface area contributed by atoms with Gasteiger partial charge in [0.2, 0.25) is 0 Å². The number of hydrogen-bond acceptors (Lipinski definition) is 3.